The highest BCUT2D eigenvalue weighted by molar-refractivity contribution is 5.45. The molecule has 2 nitrogen and oxygen atoms in total. The summed E-state index contributed by atoms with van der Waals surface area (Å²) in [6.07, 6.45) is 1.72. The second kappa shape index (κ2) is 4.57. The van der Waals surface area contributed by atoms with Gasteiger partial charge in [-0.1, -0.05) is 0 Å². The highest BCUT2D eigenvalue weighted by Gasteiger charge is 2.14. The molecule has 0 bridgehead atoms. The van der Waals surface area contributed by atoms with Crippen molar-refractivity contribution in [3.63, 3.8) is 0 Å². The van der Waals surface area contributed by atoms with Crippen molar-refractivity contribution in [3.05, 3.63) is 29.8 Å². The van der Waals surface area contributed by atoms with E-state index in [1.807, 2.05) is 0 Å². The second-order valence-electron chi connectivity index (χ2n) is 3.66. The van der Waals surface area contributed by atoms with Gasteiger partial charge in [0.2, 0.25) is 0 Å². The van der Waals surface area contributed by atoms with E-state index in [1.165, 1.54) is 12.1 Å². The molecule has 0 aliphatic carbocycles. The molecular weight excluding hydrogens is 200 g/mol. The Balaban J connectivity index is 2.03. The van der Waals surface area contributed by atoms with E-state index >= 15 is 0 Å². The Morgan fingerprint density at radius 2 is 1.93 bits per heavy atom. The van der Waals surface area contributed by atoms with Gasteiger partial charge in [-0.15, -0.1) is 0 Å². The molecule has 0 atom stereocenters. The lowest BCUT2D eigenvalue weighted by atomic mass is 10.1. The van der Waals surface area contributed by atoms with Crippen molar-refractivity contribution >= 4 is 5.69 Å². The van der Waals surface area contributed by atoms with Crippen LogP contribution in [0.5, 0.6) is 0 Å². The molecule has 1 aliphatic rings. The van der Waals surface area contributed by atoms with Crippen LogP contribution in [0.15, 0.2) is 18.2 Å². The Morgan fingerprint density at radius 1 is 1.20 bits per heavy atom. The monoisotopic (exact) mass is 213 g/mol. The highest BCUT2D eigenvalue weighted by atomic mass is 19.1. The molecule has 0 amide bonds. The van der Waals surface area contributed by atoms with Gasteiger partial charge in [0.25, 0.3) is 0 Å². The molecule has 1 N–H and O–H groups in total. The Kier molecular flexibility index (Phi) is 3.16. The van der Waals surface area contributed by atoms with Gasteiger partial charge >= 0.3 is 0 Å². The summed E-state index contributed by atoms with van der Waals surface area (Å²) in [5.41, 5.74) is 0.364. The van der Waals surface area contributed by atoms with Gasteiger partial charge in [-0.3, -0.25) is 0 Å². The van der Waals surface area contributed by atoms with Gasteiger partial charge in [-0.25, -0.2) is 8.78 Å². The van der Waals surface area contributed by atoms with Crippen LogP contribution < -0.4 is 5.32 Å². The molecule has 1 heterocycles. The molecule has 1 fully saturated rings. The fourth-order valence-electron chi connectivity index (χ4n) is 1.67. The standard InChI is InChI=1S/C11H13F2NO/c12-8-1-2-11(10(13)7-8)14-9-3-5-15-6-4-9/h1-2,7,9,14H,3-6H2. The average molecular weight is 213 g/mol. The van der Waals surface area contributed by atoms with E-state index in [1.54, 1.807) is 0 Å². The minimum atomic E-state index is -0.551. The number of nitrogens with one attached hydrogen (secondary N) is 1. The van der Waals surface area contributed by atoms with Crippen LogP contribution in [0.25, 0.3) is 0 Å². The second-order valence-corrected chi connectivity index (χ2v) is 3.66. The Morgan fingerprint density at radius 3 is 2.60 bits per heavy atom. The Bertz CT molecular complexity index is 337. The van der Waals surface area contributed by atoms with E-state index in [9.17, 15) is 8.78 Å². The summed E-state index contributed by atoms with van der Waals surface area (Å²) >= 11 is 0. The molecule has 1 aromatic rings. The van der Waals surface area contributed by atoms with E-state index in [0.717, 1.165) is 18.9 Å². The summed E-state index contributed by atoms with van der Waals surface area (Å²) in [4.78, 5) is 0. The third-order valence-corrected chi connectivity index (χ3v) is 2.51. The van der Waals surface area contributed by atoms with Crippen molar-refractivity contribution in [2.45, 2.75) is 18.9 Å². The molecule has 0 saturated carbocycles. The SMILES string of the molecule is Fc1ccc(NC2CCOCC2)c(F)c1. The quantitative estimate of drug-likeness (QED) is 0.815. The van der Waals surface area contributed by atoms with Crippen LogP contribution >= 0.6 is 0 Å². The lowest BCUT2D eigenvalue weighted by Crippen LogP contribution is -2.28. The number of ether oxygens (including phenoxy) is 1. The van der Waals surface area contributed by atoms with E-state index in [-0.39, 0.29) is 6.04 Å². The van der Waals surface area contributed by atoms with Crippen LogP contribution in [0.4, 0.5) is 14.5 Å². The molecule has 1 aliphatic heterocycles. The largest absolute Gasteiger partial charge is 0.381 e. The molecule has 1 saturated heterocycles. The zero-order valence-corrected chi connectivity index (χ0v) is 8.30. The predicted molar refractivity (Wildman–Crippen MR) is 53.8 cm³/mol. The molecule has 0 aromatic heterocycles. The van der Waals surface area contributed by atoms with E-state index in [0.29, 0.717) is 18.9 Å². The first kappa shape index (κ1) is 10.4. The number of anilines is 1. The van der Waals surface area contributed by atoms with Crippen molar-refractivity contribution in [1.82, 2.24) is 0 Å². The minimum Gasteiger partial charge on any atom is -0.381 e. The van der Waals surface area contributed by atoms with Crippen molar-refractivity contribution in [2.75, 3.05) is 18.5 Å². The smallest absolute Gasteiger partial charge is 0.149 e. The van der Waals surface area contributed by atoms with Gasteiger partial charge in [-0.2, -0.15) is 0 Å². The first-order chi connectivity index (χ1) is 7.25. The van der Waals surface area contributed by atoms with Crippen LogP contribution in [-0.2, 0) is 4.74 Å². The van der Waals surface area contributed by atoms with Crippen LogP contribution in [0.1, 0.15) is 12.8 Å². The Labute approximate surface area is 87.2 Å². The maximum Gasteiger partial charge on any atom is 0.149 e. The van der Waals surface area contributed by atoms with E-state index < -0.39 is 11.6 Å². The number of hydrogen-bond acceptors (Lipinski definition) is 2. The maximum absolute atomic E-state index is 13.3. The van der Waals surface area contributed by atoms with Crippen LogP contribution in [0.2, 0.25) is 0 Å². The molecule has 0 unspecified atom stereocenters. The zero-order chi connectivity index (χ0) is 10.7. The third kappa shape index (κ3) is 2.65. The highest BCUT2D eigenvalue weighted by Crippen LogP contribution is 2.19. The summed E-state index contributed by atoms with van der Waals surface area (Å²) in [5.74, 6) is -1.09. The van der Waals surface area contributed by atoms with E-state index in [4.69, 9.17) is 4.74 Å². The zero-order valence-electron chi connectivity index (χ0n) is 8.30. The lowest BCUT2D eigenvalue weighted by molar-refractivity contribution is 0.0904. The topological polar surface area (TPSA) is 21.3 Å². The molecule has 1 aromatic carbocycles. The lowest BCUT2D eigenvalue weighted by Gasteiger charge is -2.24. The van der Waals surface area contributed by atoms with Crippen molar-refractivity contribution in [2.24, 2.45) is 0 Å². The normalized spacial score (nSPS) is 17.7. The summed E-state index contributed by atoms with van der Waals surface area (Å²) in [6.45, 7) is 1.39. The first-order valence-corrected chi connectivity index (χ1v) is 5.05. The van der Waals surface area contributed by atoms with Crippen molar-refractivity contribution < 1.29 is 13.5 Å². The van der Waals surface area contributed by atoms with Crippen molar-refractivity contribution in [3.8, 4) is 0 Å². The van der Waals surface area contributed by atoms with Gasteiger partial charge in [-0.05, 0) is 25.0 Å². The summed E-state index contributed by atoms with van der Waals surface area (Å²) < 4.78 is 31.1. The van der Waals surface area contributed by atoms with E-state index in [2.05, 4.69) is 5.32 Å². The van der Waals surface area contributed by atoms with Gasteiger partial charge in [0, 0.05) is 25.3 Å². The minimum absolute atomic E-state index is 0.221. The number of hydrogen-bond donors (Lipinski definition) is 1. The molecule has 15 heavy (non-hydrogen) atoms. The van der Waals surface area contributed by atoms with Gasteiger partial charge < -0.3 is 10.1 Å². The maximum atomic E-state index is 13.3. The third-order valence-electron chi connectivity index (χ3n) is 2.51. The van der Waals surface area contributed by atoms with Gasteiger partial charge in [0.1, 0.15) is 11.6 Å². The fourth-order valence-corrected chi connectivity index (χ4v) is 1.67. The summed E-state index contributed by atoms with van der Waals surface area (Å²) in [6, 6.07) is 3.80. The average Bonchev–Trinajstić information content (AvgIpc) is 2.24. The van der Waals surface area contributed by atoms with Crippen LogP contribution in [0.3, 0.4) is 0 Å². The fraction of sp³-hybridized carbons (Fsp3) is 0.455. The first-order valence-electron chi connectivity index (χ1n) is 5.05. The molecule has 0 spiro atoms. The Hall–Kier alpha value is -1.16. The molecule has 82 valence electrons. The van der Waals surface area contributed by atoms with Crippen LogP contribution in [-0.4, -0.2) is 19.3 Å². The number of rotatable bonds is 2. The van der Waals surface area contributed by atoms with Gasteiger partial charge in [0.05, 0.1) is 5.69 Å². The number of halogens is 2. The molecular formula is C11H13F2NO. The summed E-state index contributed by atoms with van der Waals surface area (Å²) in [5, 5.41) is 3.05. The molecule has 2 rings (SSSR count). The predicted octanol–water partition coefficient (Wildman–Crippen LogP) is 2.56. The van der Waals surface area contributed by atoms with Crippen LogP contribution in [0, 0.1) is 11.6 Å². The molecule has 4 heteroatoms. The molecule has 0 radical (unpaired) electrons. The van der Waals surface area contributed by atoms with Crippen molar-refractivity contribution in [1.29, 1.82) is 0 Å². The number of benzene rings is 1. The van der Waals surface area contributed by atoms with Gasteiger partial charge in [0.15, 0.2) is 0 Å². The summed E-state index contributed by atoms with van der Waals surface area (Å²) in [7, 11) is 0.